The van der Waals surface area contributed by atoms with Crippen LogP contribution in [0.5, 0.6) is 0 Å². The second-order valence-corrected chi connectivity index (χ2v) is 19.7. The van der Waals surface area contributed by atoms with Gasteiger partial charge in [-0.15, -0.1) is 0 Å². The van der Waals surface area contributed by atoms with Crippen molar-refractivity contribution >= 4 is 20.3 Å². The zero-order valence-corrected chi connectivity index (χ0v) is 34.9. The van der Waals surface area contributed by atoms with E-state index in [1.165, 1.54) is 160 Å². The van der Waals surface area contributed by atoms with Gasteiger partial charge in [-0.2, -0.15) is 0 Å². The Morgan fingerprint density at radius 2 is 0.792 bits per heavy atom. The maximum absolute atomic E-state index is 11.3. The Bertz CT molecular complexity index is 671. The van der Waals surface area contributed by atoms with Gasteiger partial charge in [0.05, 0.1) is 12.2 Å². The Balaban J connectivity index is 0. The molecule has 5 nitrogen and oxygen atoms in total. The summed E-state index contributed by atoms with van der Waals surface area (Å²) >= 11 is 0. The molecule has 0 aromatic heterocycles. The predicted molar refractivity (Wildman–Crippen MR) is 211 cm³/mol. The van der Waals surface area contributed by atoms with Gasteiger partial charge in [-0.25, -0.2) is 0 Å². The summed E-state index contributed by atoms with van der Waals surface area (Å²) in [6.45, 7) is 17.8. The van der Waals surface area contributed by atoms with Crippen LogP contribution in [0.25, 0.3) is 0 Å². The molecule has 0 bridgehead atoms. The highest BCUT2D eigenvalue weighted by molar-refractivity contribution is 6.71. The Hall–Kier alpha value is -0.883. The number of rotatable bonds is 28. The van der Waals surface area contributed by atoms with Gasteiger partial charge in [0.1, 0.15) is 0 Å². The maximum Gasteiger partial charge on any atom is 0.306 e. The topological polar surface area (TPSA) is 61.8 Å². The molecule has 0 spiro atoms. The fraction of sp³-hybridized carbons (Fsp3) is 0.952. The van der Waals surface area contributed by atoms with Crippen LogP contribution in [-0.2, 0) is 23.5 Å². The minimum atomic E-state index is -1.09. The summed E-state index contributed by atoms with van der Waals surface area (Å²) in [5, 5.41) is 0. The molecule has 0 atom stereocenters. The zero-order valence-electron chi connectivity index (χ0n) is 33.9. The molecule has 48 heavy (non-hydrogen) atoms. The molecular formula is C42H86O5Si. The lowest BCUT2D eigenvalue weighted by Gasteiger charge is -2.27. The molecule has 1 rings (SSSR count). The number of esters is 2. The third-order valence-electron chi connectivity index (χ3n) is 8.87. The van der Waals surface area contributed by atoms with Gasteiger partial charge in [-0.3, -0.25) is 9.59 Å². The van der Waals surface area contributed by atoms with E-state index in [0.717, 1.165) is 19.4 Å². The smallest absolute Gasteiger partial charge is 0.306 e. The molecule has 1 fully saturated rings. The number of unbranched alkanes of at least 4 members (excludes halogenated alkanes) is 22. The monoisotopic (exact) mass is 699 g/mol. The summed E-state index contributed by atoms with van der Waals surface area (Å²) in [6, 6.07) is 1.37. The van der Waals surface area contributed by atoms with Gasteiger partial charge in [0.25, 0.3) is 0 Å². The van der Waals surface area contributed by atoms with Crippen LogP contribution in [0, 0.1) is 0 Å². The van der Waals surface area contributed by atoms with E-state index in [0.29, 0.717) is 12.8 Å². The fourth-order valence-corrected chi connectivity index (χ4v) is 7.88. The molecule has 6 heteroatoms. The van der Waals surface area contributed by atoms with Gasteiger partial charge < -0.3 is 13.9 Å². The van der Waals surface area contributed by atoms with E-state index in [9.17, 15) is 9.59 Å². The number of hydrogen-bond donors (Lipinski definition) is 0. The minimum Gasteiger partial charge on any atom is -0.463 e. The van der Waals surface area contributed by atoms with E-state index in [2.05, 4.69) is 26.9 Å². The molecule has 0 amide bonds. The second kappa shape index (κ2) is 37.4. The molecule has 0 aromatic carbocycles. The normalized spacial score (nSPS) is 13.8. The van der Waals surface area contributed by atoms with Crippen LogP contribution in [0.15, 0.2) is 0 Å². The van der Waals surface area contributed by atoms with Crippen molar-refractivity contribution in [3.63, 3.8) is 0 Å². The molecule has 0 unspecified atom stereocenters. The van der Waals surface area contributed by atoms with E-state index in [-0.39, 0.29) is 24.1 Å². The predicted octanol–water partition coefficient (Wildman–Crippen LogP) is 14.1. The number of hydrogen-bond acceptors (Lipinski definition) is 5. The first kappa shape index (κ1) is 49.2. The molecule has 1 saturated heterocycles. The van der Waals surface area contributed by atoms with E-state index in [1.807, 2.05) is 27.7 Å². The van der Waals surface area contributed by atoms with Crippen molar-refractivity contribution in [2.24, 2.45) is 0 Å². The van der Waals surface area contributed by atoms with Crippen molar-refractivity contribution in [3.05, 3.63) is 0 Å². The maximum atomic E-state index is 11.3. The summed E-state index contributed by atoms with van der Waals surface area (Å²) in [5.74, 6) is -0.0704. The SMILES string of the molecule is CCCCCCCCCCCCCC(=O)OC(C)C.CCCCCCCCCCCCCCCC(=O)OC(C)C.C[Si]1(C)CCCCO1. The van der Waals surface area contributed by atoms with Gasteiger partial charge in [0, 0.05) is 19.4 Å². The van der Waals surface area contributed by atoms with Crippen molar-refractivity contribution in [3.8, 4) is 0 Å². The van der Waals surface area contributed by atoms with E-state index in [1.54, 1.807) is 0 Å². The molecule has 0 aliphatic carbocycles. The molecular weight excluding hydrogens is 613 g/mol. The molecule has 0 N–H and O–H groups in total. The van der Waals surface area contributed by atoms with E-state index >= 15 is 0 Å². The van der Waals surface area contributed by atoms with E-state index < -0.39 is 8.32 Å². The first-order valence-corrected chi connectivity index (χ1v) is 24.2. The van der Waals surface area contributed by atoms with Crippen molar-refractivity contribution in [2.45, 2.75) is 253 Å². The lowest BCUT2D eigenvalue weighted by atomic mass is 10.0. The second-order valence-electron chi connectivity index (χ2n) is 15.4. The highest BCUT2D eigenvalue weighted by atomic mass is 28.4. The Kier molecular flexibility index (Phi) is 38.3. The number of ether oxygens (including phenoxy) is 2. The van der Waals surface area contributed by atoms with Gasteiger partial charge in [-0.05, 0) is 66.1 Å². The van der Waals surface area contributed by atoms with Crippen molar-refractivity contribution in [1.29, 1.82) is 0 Å². The molecule has 0 aromatic rings. The quantitative estimate of drug-likeness (QED) is 0.0462. The van der Waals surface area contributed by atoms with E-state index in [4.69, 9.17) is 13.9 Å². The lowest BCUT2D eigenvalue weighted by Crippen LogP contribution is -2.33. The van der Waals surface area contributed by atoms with Crippen molar-refractivity contribution in [1.82, 2.24) is 0 Å². The van der Waals surface area contributed by atoms with Crippen LogP contribution in [0.3, 0.4) is 0 Å². The van der Waals surface area contributed by atoms with Crippen LogP contribution < -0.4 is 0 Å². The standard InChI is InChI=1S/C19H38O2.C17H34O2.C6H14OSi/c1-4-5-6-7-8-9-10-11-12-13-14-15-16-17-19(20)21-18(2)3;1-4-5-6-7-8-9-10-11-12-13-14-15-17(18)19-16(2)3;1-8(2)6-4-3-5-7-8/h18H,4-17H2,1-3H3;16H,4-15H2,1-3H3;3-6H2,1-2H3. The zero-order chi connectivity index (χ0) is 36.1. The lowest BCUT2D eigenvalue weighted by molar-refractivity contribution is -0.148. The fourth-order valence-electron chi connectivity index (χ4n) is 5.94. The summed E-state index contributed by atoms with van der Waals surface area (Å²) in [5.41, 5.74) is 0. The number of carbonyl (C=O) groups is 2. The Labute approximate surface area is 302 Å². The van der Waals surface area contributed by atoms with Crippen molar-refractivity contribution < 1.29 is 23.5 Å². The van der Waals surface area contributed by atoms with Gasteiger partial charge in [0.15, 0.2) is 8.32 Å². The van der Waals surface area contributed by atoms with Crippen LogP contribution in [-0.4, -0.2) is 39.1 Å². The Morgan fingerprint density at radius 1 is 0.500 bits per heavy atom. The largest absolute Gasteiger partial charge is 0.463 e. The molecule has 1 heterocycles. The van der Waals surface area contributed by atoms with Crippen molar-refractivity contribution in [2.75, 3.05) is 6.61 Å². The number of carbonyl (C=O) groups excluding carboxylic acids is 2. The summed E-state index contributed by atoms with van der Waals surface area (Å²) in [7, 11) is -1.09. The third kappa shape index (κ3) is 43.1. The van der Waals surface area contributed by atoms with Gasteiger partial charge in [-0.1, -0.05) is 162 Å². The molecule has 0 radical (unpaired) electrons. The molecule has 288 valence electrons. The summed E-state index contributed by atoms with van der Waals surface area (Å²) in [4.78, 5) is 22.6. The van der Waals surface area contributed by atoms with Crippen LogP contribution in [0.1, 0.15) is 221 Å². The van der Waals surface area contributed by atoms with Crippen LogP contribution in [0.4, 0.5) is 0 Å². The highest BCUT2D eigenvalue weighted by Gasteiger charge is 2.24. The highest BCUT2D eigenvalue weighted by Crippen LogP contribution is 2.20. The Morgan fingerprint density at radius 3 is 1.00 bits per heavy atom. The summed E-state index contributed by atoms with van der Waals surface area (Å²) in [6.07, 6.45) is 35.8. The molecule has 0 saturated carbocycles. The average Bonchev–Trinajstić information content (AvgIpc) is 3.02. The first-order valence-electron chi connectivity index (χ1n) is 21.1. The van der Waals surface area contributed by atoms with Gasteiger partial charge in [0.2, 0.25) is 0 Å². The summed E-state index contributed by atoms with van der Waals surface area (Å²) < 4.78 is 15.8. The molecule has 1 aliphatic heterocycles. The van der Waals surface area contributed by atoms with Crippen LogP contribution >= 0.6 is 0 Å². The van der Waals surface area contributed by atoms with Crippen LogP contribution in [0.2, 0.25) is 19.1 Å². The first-order chi connectivity index (χ1) is 23.0. The third-order valence-corrected chi connectivity index (χ3v) is 11.4. The molecule has 1 aliphatic rings. The minimum absolute atomic E-state index is 0.0273. The van der Waals surface area contributed by atoms with Gasteiger partial charge >= 0.3 is 11.9 Å². The average molecular weight is 699 g/mol.